The maximum absolute atomic E-state index is 13.7. The Hall–Kier alpha value is -1.52. The van der Waals surface area contributed by atoms with E-state index in [0.29, 0.717) is 5.56 Å². The highest BCUT2D eigenvalue weighted by Crippen LogP contribution is 2.60. The first-order valence-electron chi connectivity index (χ1n) is 6.86. The van der Waals surface area contributed by atoms with Crippen molar-refractivity contribution >= 4 is 33.5 Å². The first-order chi connectivity index (χ1) is 11.9. The number of halogens is 3. The summed E-state index contributed by atoms with van der Waals surface area (Å²) in [5.41, 5.74) is -4.93. The summed E-state index contributed by atoms with van der Waals surface area (Å²) >= 11 is 2.83. The Kier molecular flexibility index (Phi) is 6.09. The first kappa shape index (κ1) is 20.8. The fourth-order valence-corrected chi connectivity index (χ4v) is 4.03. The van der Waals surface area contributed by atoms with Gasteiger partial charge in [-0.05, 0) is 23.8 Å². The molecule has 2 aromatic rings. The minimum absolute atomic E-state index is 0.0402. The summed E-state index contributed by atoms with van der Waals surface area (Å²) < 4.78 is 65.3. The van der Waals surface area contributed by atoms with Crippen LogP contribution >= 0.6 is 23.5 Å². The molecule has 0 saturated heterocycles. The number of hydrogen-bond donors (Lipinski definition) is 2. The highest BCUT2D eigenvalue weighted by atomic mass is 79.9. The van der Waals surface area contributed by atoms with Gasteiger partial charge >= 0.3 is 13.3 Å². The molecule has 0 spiro atoms. The molecular weight excluding hydrogens is 457 g/mol. The zero-order valence-corrected chi connectivity index (χ0v) is 16.1. The lowest BCUT2D eigenvalue weighted by Crippen LogP contribution is -2.14. The second-order valence-electron chi connectivity index (χ2n) is 5.07. The third-order valence-electron chi connectivity index (χ3n) is 3.18. The van der Waals surface area contributed by atoms with E-state index in [0.717, 1.165) is 18.2 Å². The van der Waals surface area contributed by atoms with Crippen molar-refractivity contribution in [3.8, 4) is 0 Å². The van der Waals surface area contributed by atoms with Crippen LogP contribution in [0.4, 0.5) is 8.78 Å². The topological polar surface area (TPSA) is 116 Å². The number of nitrogens with zero attached hydrogens (tertiary/aromatic N) is 2. The molecule has 0 saturated carbocycles. The Balaban J connectivity index is 2.20. The lowest BCUT2D eigenvalue weighted by atomic mass is 10.1. The van der Waals surface area contributed by atoms with Crippen LogP contribution in [0.2, 0.25) is 0 Å². The molecule has 26 heavy (non-hydrogen) atoms. The summed E-state index contributed by atoms with van der Waals surface area (Å²) in [5, 5.41) is 3.55. The van der Waals surface area contributed by atoms with Crippen LogP contribution in [0.3, 0.4) is 0 Å². The molecular formula is C14H12BrF2N2O5PS. The number of alkyl halides is 2. The zero-order valence-electron chi connectivity index (χ0n) is 12.8. The summed E-state index contributed by atoms with van der Waals surface area (Å²) in [6, 6.07) is 10.5. The maximum Gasteiger partial charge on any atom is 0.399 e. The summed E-state index contributed by atoms with van der Waals surface area (Å²) in [6.45, 7) is -0.230. The molecule has 2 N–H and O–H groups in total. The van der Waals surface area contributed by atoms with E-state index in [1.54, 1.807) is 6.07 Å². The fraction of sp³-hybridized carbons (Fsp3) is 0.143. The Morgan fingerprint density at radius 3 is 2.27 bits per heavy atom. The fourth-order valence-electron chi connectivity index (χ4n) is 1.88. The molecule has 0 bridgehead atoms. The number of sulfonamides is 1. The summed E-state index contributed by atoms with van der Waals surface area (Å²) in [4.78, 5) is 17.5. The van der Waals surface area contributed by atoms with Crippen molar-refractivity contribution in [2.45, 2.75) is 17.1 Å². The molecule has 0 unspecified atom stereocenters. The largest absolute Gasteiger partial charge is 0.399 e. The molecule has 0 fully saturated rings. The lowest BCUT2D eigenvalue weighted by molar-refractivity contribution is 0.0557. The minimum atomic E-state index is -5.69. The van der Waals surface area contributed by atoms with E-state index in [-0.39, 0.29) is 15.9 Å². The van der Waals surface area contributed by atoms with Gasteiger partial charge < -0.3 is 9.79 Å². The molecule has 2 aromatic carbocycles. The Morgan fingerprint density at radius 1 is 1.12 bits per heavy atom. The van der Waals surface area contributed by atoms with E-state index in [1.165, 1.54) is 24.3 Å². The minimum Gasteiger partial charge on any atom is -0.320 e. The van der Waals surface area contributed by atoms with E-state index in [4.69, 9.17) is 9.79 Å². The molecule has 0 aliphatic rings. The van der Waals surface area contributed by atoms with E-state index in [9.17, 15) is 21.8 Å². The number of benzene rings is 2. The van der Waals surface area contributed by atoms with E-state index >= 15 is 0 Å². The second-order valence-corrected chi connectivity index (χ2v) is 9.16. The van der Waals surface area contributed by atoms with Crippen molar-refractivity contribution in [3.05, 3.63) is 64.1 Å². The molecule has 0 aliphatic carbocycles. The van der Waals surface area contributed by atoms with Gasteiger partial charge in [0, 0.05) is 10.0 Å². The molecule has 2 rings (SSSR count). The smallest absolute Gasteiger partial charge is 0.320 e. The predicted molar refractivity (Wildman–Crippen MR) is 92.3 cm³/mol. The quantitative estimate of drug-likeness (QED) is 0.490. The van der Waals surface area contributed by atoms with E-state index in [2.05, 4.69) is 25.6 Å². The molecule has 0 atom stereocenters. The maximum atomic E-state index is 13.7. The number of rotatable bonds is 6. The van der Waals surface area contributed by atoms with Gasteiger partial charge in [0.05, 0.1) is 11.4 Å². The lowest BCUT2D eigenvalue weighted by Gasteiger charge is -2.19. The molecule has 12 heteroatoms. The summed E-state index contributed by atoms with van der Waals surface area (Å²) in [7, 11) is -9.66. The van der Waals surface area contributed by atoms with Crippen molar-refractivity contribution in [2.24, 2.45) is 9.63 Å². The third kappa shape index (κ3) is 4.60. The highest BCUT2D eigenvalue weighted by Gasteiger charge is 2.51. The average Bonchev–Trinajstić information content (AvgIpc) is 2.54. The van der Waals surface area contributed by atoms with Gasteiger partial charge in [0.1, 0.15) is 0 Å². The van der Waals surface area contributed by atoms with Gasteiger partial charge in [-0.1, -0.05) is 50.8 Å². The molecule has 0 amide bonds. The average molecular weight is 469 g/mol. The molecule has 0 heterocycles. The van der Waals surface area contributed by atoms with Crippen molar-refractivity contribution in [1.82, 2.24) is 0 Å². The van der Waals surface area contributed by atoms with Crippen LogP contribution in [-0.4, -0.2) is 18.2 Å². The van der Waals surface area contributed by atoms with Crippen LogP contribution in [-0.2, 0) is 26.8 Å². The van der Waals surface area contributed by atoms with Crippen LogP contribution in [0.1, 0.15) is 11.1 Å². The van der Waals surface area contributed by atoms with E-state index < -0.39 is 28.8 Å². The van der Waals surface area contributed by atoms with Gasteiger partial charge in [-0.25, -0.2) is 0 Å². The zero-order chi connectivity index (χ0) is 19.6. The van der Waals surface area contributed by atoms with Crippen molar-refractivity contribution in [2.75, 3.05) is 0 Å². The normalized spacial score (nSPS) is 13.3. The molecule has 0 radical (unpaired) electrons. The van der Waals surface area contributed by atoms with Crippen LogP contribution in [0, 0.1) is 0 Å². The predicted octanol–water partition coefficient (Wildman–Crippen LogP) is 4.02. The van der Waals surface area contributed by atoms with Crippen LogP contribution < -0.4 is 0 Å². The Bertz CT molecular complexity index is 980. The van der Waals surface area contributed by atoms with Crippen LogP contribution in [0.25, 0.3) is 0 Å². The summed E-state index contributed by atoms with van der Waals surface area (Å²) in [6.07, 6.45) is 0. The summed E-state index contributed by atoms with van der Waals surface area (Å²) in [5.74, 6) is 0. The SMILES string of the molecule is O=P(O)(O)C(F)(F)c1ccc(CN=NS(=O)(=O)c2ccccc2)cc1Br. The van der Waals surface area contributed by atoms with E-state index in [1.807, 2.05) is 0 Å². The molecule has 7 nitrogen and oxygen atoms in total. The van der Waals surface area contributed by atoms with Crippen LogP contribution in [0.15, 0.2) is 67.5 Å². The van der Waals surface area contributed by atoms with Gasteiger partial charge in [0.15, 0.2) is 0 Å². The highest BCUT2D eigenvalue weighted by molar-refractivity contribution is 9.10. The van der Waals surface area contributed by atoms with Crippen molar-refractivity contribution < 1.29 is 31.6 Å². The first-order valence-corrected chi connectivity index (χ1v) is 10.7. The van der Waals surface area contributed by atoms with Gasteiger partial charge in [-0.3, -0.25) is 4.57 Å². The van der Waals surface area contributed by atoms with Crippen molar-refractivity contribution in [1.29, 1.82) is 0 Å². The van der Waals surface area contributed by atoms with Gasteiger partial charge in [0.25, 0.3) is 10.0 Å². The van der Waals surface area contributed by atoms with Gasteiger partial charge in [0.2, 0.25) is 0 Å². The molecule has 140 valence electrons. The Labute approximate surface area is 156 Å². The molecule has 0 aliphatic heterocycles. The van der Waals surface area contributed by atoms with Gasteiger partial charge in [-0.15, -0.1) is 0 Å². The standard InChI is InChI=1S/C14H12BrF2N2O5PS/c15-13-8-10(6-7-12(13)14(16,17)25(20,21)22)9-18-19-26(23,24)11-4-2-1-3-5-11/h1-8H,9H2,(H2,20,21,22). The number of hydrogen-bond acceptors (Lipinski definition) is 4. The monoisotopic (exact) mass is 468 g/mol. The van der Waals surface area contributed by atoms with Gasteiger partial charge in [-0.2, -0.15) is 22.3 Å². The van der Waals surface area contributed by atoms with Crippen LogP contribution in [0.5, 0.6) is 0 Å². The Morgan fingerprint density at radius 2 is 1.73 bits per heavy atom. The second kappa shape index (κ2) is 7.61. The molecule has 0 aromatic heterocycles. The third-order valence-corrected chi connectivity index (χ3v) is 6.01. The van der Waals surface area contributed by atoms with Crippen molar-refractivity contribution in [3.63, 3.8) is 0 Å².